The highest BCUT2D eigenvalue weighted by molar-refractivity contribution is 6.74. The molecule has 0 amide bonds. The smallest absolute Gasteiger partial charge is 0.192 e. The van der Waals surface area contributed by atoms with Crippen LogP contribution in [0.25, 0.3) is 0 Å². The van der Waals surface area contributed by atoms with Crippen molar-refractivity contribution in [2.24, 2.45) is 0 Å². The van der Waals surface area contributed by atoms with Gasteiger partial charge in [0, 0.05) is 12.0 Å². The molecule has 1 aliphatic heterocycles. The van der Waals surface area contributed by atoms with Gasteiger partial charge < -0.3 is 18.6 Å². The Balaban J connectivity index is 1.98. The van der Waals surface area contributed by atoms with Crippen LogP contribution in [0.2, 0.25) is 18.1 Å². The van der Waals surface area contributed by atoms with Gasteiger partial charge in [-0.05, 0) is 41.9 Å². The van der Waals surface area contributed by atoms with Gasteiger partial charge in [0.1, 0.15) is 18.1 Å². The maximum absolute atomic E-state index is 11.4. The van der Waals surface area contributed by atoms with Gasteiger partial charge in [-0.15, -0.1) is 0 Å². The standard InChI is InChI=1S/C23H34O5Si/c1-23(2,3)29(5,6)28-21-11-12-22(27-16-19(13-21)14-24)17-26-15-18-7-9-20(25-4)10-8-18/h7-12,14,16,21-22H,13,15,17H2,1-6H3/b12-11?,19-16+/t21-,22-/m1/s1. The van der Waals surface area contributed by atoms with Crippen LogP contribution >= 0.6 is 0 Å². The lowest BCUT2D eigenvalue weighted by atomic mass is 10.1. The minimum Gasteiger partial charge on any atom is -0.497 e. The molecule has 1 aromatic carbocycles. The number of carbonyl (C=O) groups is 1. The summed E-state index contributed by atoms with van der Waals surface area (Å²) in [6, 6.07) is 7.77. The van der Waals surface area contributed by atoms with Crippen molar-refractivity contribution in [3.63, 3.8) is 0 Å². The number of hydrogen-bond donors (Lipinski definition) is 0. The summed E-state index contributed by atoms with van der Waals surface area (Å²) >= 11 is 0. The fraction of sp³-hybridized carbons (Fsp3) is 0.522. The third kappa shape index (κ3) is 7.14. The van der Waals surface area contributed by atoms with Crippen molar-refractivity contribution in [3.05, 3.63) is 53.8 Å². The molecule has 160 valence electrons. The van der Waals surface area contributed by atoms with Gasteiger partial charge in [-0.25, -0.2) is 0 Å². The molecule has 0 spiro atoms. The first-order valence-corrected chi connectivity index (χ1v) is 12.9. The fourth-order valence-corrected chi connectivity index (χ4v) is 3.91. The Labute approximate surface area is 175 Å². The minimum atomic E-state index is -1.95. The molecule has 0 unspecified atom stereocenters. The van der Waals surface area contributed by atoms with E-state index in [4.69, 9.17) is 18.6 Å². The van der Waals surface area contributed by atoms with Crippen LogP contribution in [-0.2, 0) is 25.3 Å². The minimum absolute atomic E-state index is 0.103. The number of ether oxygens (including phenoxy) is 3. The zero-order valence-corrected chi connectivity index (χ0v) is 19.4. The topological polar surface area (TPSA) is 54.0 Å². The molecule has 0 bridgehead atoms. The van der Waals surface area contributed by atoms with E-state index in [0.717, 1.165) is 17.6 Å². The van der Waals surface area contributed by atoms with Crippen LogP contribution in [-0.4, -0.2) is 40.5 Å². The fourth-order valence-electron chi connectivity index (χ4n) is 2.64. The molecule has 0 N–H and O–H groups in total. The molecule has 2 atom stereocenters. The Hall–Kier alpha value is -1.89. The van der Waals surface area contributed by atoms with E-state index in [1.807, 2.05) is 36.4 Å². The summed E-state index contributed by atoms with van der Waals surface area (Å²) in [5.74, 6) is 0.819. The summed E-state index contributed by atoms with van der Waals surface area (Å²) in [6.07, 6.45) is 6.49. The Morgan fingerprint density at radius 2 is 1.86 bits per heavy atom. The number of hydrogen-bond acceptors (Lipinski definition) is 5. The van der Waals surface area contributed by atoms with E-state index in [-0.39, 0.29) is 17.2 Å². The highest BCUT2D eigenvalue weighted by Gasteiger charge is 2.39. The summed E-state index contributed by atoms with van der Waals surface area (Å²) in [7, 11) is -0.304. The van der Waals surface area contributed by atoms with E-state index < -0.39 is 8.32 Å². The van der Waals surface area contributed by atoms with Gasteiger partial charge in [0.05, 0.1) is 32.7 Å². The summed E-state index contributed by atoms with van der Waals surface area (Å²) in [5.41, 5.74) is 1.65. The molecular weight excluding hydrogens is 384 g/mol. The average Bonchev–Trinajstić information content (AvgIpc) is 2.65. The maximum Gasteiger partial charge on any atom is 0.192 e. The Morgan fingerprint density at radius 3 is 2.45 bits per heavy atom. The van der Waals surface area contributed by atoms with Crippen LogP contribution in [0.3, 0.4) is 0 Å². The number of carbonyl (C=O) groups excluding carboxylic acids is 1. The lowest BCUT2D eigenvalue weighted by Gasteiger charge is -2.39. The van der Waals surface area contributed by atoms with Crippen LogP contribution in [0, 0.1) is 0 Å². The zero-order chi connectivity index (χ0) is 21.5. The highest BCUT2D eigenvalue weighted by atomic mass is 28.4. The molecule has 1 heterocycles. The summed E-state index contributed by atoms with van der Waals surface area (Å²) in [6.45, 7) is 11.9. The second kappa shape index (κ2) is 10.2. The second-order valence-corrected chi connectivity index (χ2v) is 13.6. The van der Waals surface area contributed by atoms with Crippen molar-refractivity contribution in [2.45, 2.75) is 64.1 Å². The first-order chi connectivity index (χ1) is 13.6. The van der Waals surface area contributed by atoms with E-state index in [0.29, 0.717) is 25.2 Å². The van der Waals surface area contributed by atoms with Gasteiger partial charge in [-0.1, -0.05) is 39.0 Å². The monoisotopic (exact) mass is 418 g/mol. The van der Waals surface area contributed by atoms with Crippen LogP contribution < -0.4 is 4.74 Å². The van der Waals surface area contributed by atoms with Crippen LogP contribution in [0.1, 0.15) is 32.8 Å². The molecule has 1 aliphatic rings. The Morgan fingerprint density at radius 1 is 1.17 bits per heavy atom. The molecule has 0 saturated heterocycles. The van der Waals surface area contributed by atoms with Crippen LogP contribution in [0.5, 0.6) is 5.75 Å². The Kier molecular flexibility index (Phi) is 8.25. The molecule has 6 heteroatoms. The SMILES string of the molecule is COc1ccc(COC[C@H]2C=C[C@@H](O[Si](C)(C)C(C)(C)C)C/C(C=O)=C\O2)cc1. The molecule has 0 fully saturated rings. The van der Waals surface area contributed by atoms with Gasteiger partial charge in [0.25, 0.3) is 0 Å². The van der Waals surface area contributed by atoms with Gasteiger partial charge >= 0.3 is 0 Å². The highest BCUT2D eigenvalue weighted by Crippen LogP contribution is 2.38. The maximum atomic E-state index is 11.4. The van der Waals surface area contributed by atoms with E-state index in [2.05, 4.69) is 33.9 Å². The van der Waals surface area contributed by atoms with Crippen molar-refractivity contribution in [1.29, 1.82) is 0 Å². The normalized spacial score (nSPS) is 22.1. The molecule has 29 heavy (non-hydrogen) atoms. The largest absolute Gasteiger partial charge is 0.497 e. The summed E-state index contributed by atoms with van der Waals surface area (Å²) in [4.78, 5) is 11.4. The third-order valence-electron chi connectivity index (χ3n) is 5.48. The molecule has 0 aliphatic carbocycles. The van der Waals surface area contributed by atoms with E-state index >= 15 is 0 Å². The third-order valence-corrected chi connectivity index (χ3v) is 9.99. The molecule has 1 aromatic rings. The lowest BCUT2D eigenvalue weighted by Crippen LogP contribution is -2.43. The van der Waals surface area contributed by atoms with Crippen molar-refractivity contribution in [3.8, 4) is 5.75 Å². The van der Waals surface area contributed by atoms with E-state index in [1.165, 1.54) is 0 Å². The van der Waals surface area contributed by atoms with Crippen molar-refractivity contribution >= 4 is 14.6 Å². The van der Waals surface area contributed by atoms with Crippen molar-refractivity contribution < 1.29 is 23.4 Å². The Bertz CT molecular complexity index is 716. The molecule has 5 nitrogen and oxygen atoms in total. The first kappa shape index (κ1) is 23.4. The number of aldehydes is 1. The lowest BCUT2D eigenvalue weighted by molar-refractivity contribution is -0.105. The predicted molar refractivity (Wildman–Crippen MR) is 117 cm³/mol. The van der Waals surface area contributed by atoms with Gasteiger partial charge in [0.2, 0.25) is 0 Å². The van der Waals surface area contributed by atoms with Gasteiger partial charge in [-0.3, -0.25) is 4.79 Å². The van der Waals surface area contributed by atoms with Crippen molar-refractivity contribution in [2.75, 3.05) is 13.7 Å². The van der Waals surface area contributed by atoms with E-state index in [9.17, 15) is 4.79 Å². The average molecular weight is 419 g/mol. The van der Waals surface area contributed by atoms with Crippen molar-refractivity contribution in [1.82, 2.24) is 0 Å². The quantitative estimate of drug-likeness (QED) is 0.337. The second-order valence-electron chi connectivity index (χ2n) is 8.85. The van der Waals surface area contributed by atoms with E-state index in [1.54, 1.807) is 13.4 Å². The van der Waals surface area contributed by atoms with Crippen LogP contribution in [0.4, 0.5) is 0 Å². The molecule has 2 rings (SSSR count). The molecule has 0 aromatic heterocycles. The first-order valence-electron chi connectivity index (χ1n) is 10.0. The number of rotatable bonds is 8. The van der Waals surface area contributed by atoms with Crippen LogP contribution in [0.15, 0.2) is 48.3 Å². The summed E-state index contributed by atoms with van der Waals surface area (Å²) < 4.78 is 23.2. The molecule has 0 radical (unpaired) electrons. The predicted octanol–water partition coefficient (Wildman–Crippen LogP) is 5.03. The van der Waals surface area contributed by atoms with Gasteiger partial charge in [-0.2, -0.15) is 0 Å². The zero-order valence-electron chi connectivity index (χ0n) is 18.4. The van der Waals surface area contributed by atoms with Gasteiger partial charge in [0.15, 0.2) is 8.32 Å². The molecular formula is C23H34O5Si. The molecule has 0 saturated carbocycles. The summed E-state index contributed by atoms with van der Waals surface area (Å²) in [5, 5.41) is 0.103. The number of methoxy groups -OCH3 is 1. The number of benzene rings is 1.